The summed E-state index contributed by atoms with van der Waals surface area (Å²) in [6, 6.07) is 21.2. The fraction of sp³-hybridized carbons (Fsp3) is 0.462. The lowest BCUT2D eigenvalue weighted by atomic mass is 10.1. The van der Waals surface area contributed by atoms with Crippen LogP contribution in [-0.4, -0.2) is 47.1 Å². The van der Waals surface area contributed by atoms with Crippen molar-refractivity contribution in [3.63, 3.8) is 0 Å². The van der Waals surface area contributed by atoms with Crippen molar-refractivity contribution in [3.8, 4) is 0 Å². The predicted molar refractivity (Wildman–Crippen MR) is 128 cm³/mol. The minimum Gasteiger partial charge on any atom is -0.397 e. The highest BCUT2D eigenvalue weighted by atomic mass is 28.4. The molecule has 5 heteroatoms. The lowest BCUT2D eigenvalue weighted by molar-refractivity contribution is -0.154. The van der Waals surface area contributed by atoms with E-state index < -0.39 is 14.6 Å². The lowest BCUT2D eigenvalue weighted by Crippen LogP contribution is -2.69. The van der Waals surface area contributed by atoms with Gasteiger partial charge in [0.25, 0.3) is 8.32 Å². The van der Waals surface area contributed by atoms with Crippen LogP contribution in [-0.2, 0) is 18.6 Å². The molecule has 0 saturated carbocycles. The Morgan fingerprint density at radius 3 is 1.87 bits per heavy atom. The largest absolute Gasteiger partial charge is 0.397 e. The van der Waals surface area contributed by atoms with Crippen molar-refractivity contribution >= 4 is 18.7 Å². The average molecular weight is 441 g/mol. The van der Waals surface area contributed by atoms with Gasteiger partial charge in [0.05, 0.1) is 19.3 Å². The third kappa shape index (κ3) is 5.18. The van der Waals surface area contributed by atoms with Crippen LogP contribution in [0.5, 0.6) is 0 Å². The molecular weight excluding hydrogens is 404 g/mol. The second-order valence-corrected chi connectivity index (χ2v) is 13.5. The van der Waals surface area contributed by atoms with Gasteiger partial charge in [0.1, 0.15) is 6.10 Å². The molecule has 0 radical (unpaired) electrons. The van der Waals surface area contributed by atoms with Gasteiger partial charge in [0.15, 0.2) is 6.29 Å². The summed E-state index contributed by atoms with van der Waals surface area (Å²) in [4.78, 5) is 0. The summed E-state index contributed by atoms with van der Waals surface area (Å²) >= 11 is 0. The Morgan fingerprint density at radius 1 is 1.00 bits per heavy atom. The van der Waals surface area contributed by atoms with Crippen LogP contribution in [0.15, 0.2) is 72.8 Å². The maximum Gasteiger partial charge on any atom is 0.261 e. The van der Waals surface area contributed by atoms with E-state index in [9.17, 15) is 0 Å². The van der Waals surface area contributed by atoms with Crippen LogP contribution in [0.2, 0.25) is 5.04 Å². The Balaban J connectivity index is 2.18. The van der Waals surface area contributed by atoms with E-state index in [0.717, 1.165) is 5.57 Å². The van der Waals surface area contributed by atoms with Crippen LogP contribution in [0.3, 0.4) is 0 Å². The van der Waals surface area contributed by atoms with Crippen LogP contribution in [0, 0.1) is 0 Å². The van der Waals surface area contributed by atoms with Gasteiger partial charge < -0.3 is 18.6 Å². The van der Waals surface area contributed by atoms with Crippen molar-refractivity contribution in [1.29, 1.82) is 0 Å². The number of ether oxygens (including phenoxy) is 3. The van der Waals surface area contributed by atoms with Gasteiger partial charge >= 0.3 is 0 Å². The van der Waals surface area contributed by atoms with Crippen molar-refractivity contribution < 1.29 is 18.6 Å². The first kappa shape index (κ1) is 23.9. The fourth-order valence-electron chi connectivity index (χ4n) is 4.45. The summed E-state index contributed by atoms with van der Waals surface area (Å²) in [5.41, 5.74) is 1.04. The van der Waals surface area contributed by atoms with E-state index in [1.807, 2.05) is 6.92 Å². The summed E-state index contributed by atoms with van der Waals surface area (Å²) in [6.45, 7) is 14.1. The molecule has 1 heterocycles. The van der Waals surface area contributed by atoms with Crippen molar-refractivity contribution in [2.45, 2.75) is 57.7 Å². The highest BCUT2D eigenvalue weighted by Gasteiger charge is 2.54. The maximum atomic E-state index is 7.34. The molecule has 3 rings (SSSR count). The van der Waals surface area contributed by atoms with Gasteiger partial charge in [-0.05, 0) is 28.8 Å². The molecule has 2 atom stereocenters. The molecule has 0 spiro atoms. The molecular formula is C26H36O4Si. The summed E-state index contributed by atoms with van der Waals surface area (Å²) in [7, 11) is -1.05. The Hall–Kier alpha value is -1.76. The lowest BCUT2D eigenvalue weighted by Gasteiger charge is -2.47. The van der Waals surface area contributed by atoms with Crippen molar-refractivity contribution in [2.24, 2.45) is 0 Å². The van der Waals surface area contributed by atoms with Crippen LogP contribution in [0.25, 0.3) is 0 Å². The van der Waals surface area contributed by atoms with Crippen molar-refractivity contribution in [2.75, 3.05) is 20.3 Å². The Kier molecular flexibility index (Phi) is 7.89. The Morgan fingerprint density at radius 2 is 1.48 bits per heavy atom. The minimum atomic E-state index is -2.78. The summed E-state index contributed by atoms with van der Waals surface area (Å²) in [6.07, 6.45) is -0.383. The van der Waals surface area contributed by atoms with E-state index in [4.69, 9.17) is 18.6 Å². The summed E-state index contributed by atoms with van der Waals surface area (Å²) in [5.74, 6) is 0. The van der Waals surface area contributed by atoms with Gasteiger partial charge in [-0.25, -0.2) is 0 Å². The molecule has 168 valence electrons. The first-order valence-corrected chi connectivity index (χ1v) is 12.9. The molecule has 0 amide bonds. The zero-order valence-electron chi connectivity index (χ0n) is 19.5. The molecule has 1 aliphatic heterocycles. The van der Waals surface area contributed by atoms with Crippen molar-refractivity contribution in [3.05, 3.63) is 72.8 Å². The van der Waals surface area contributed by atoms with Gasteiger partial charge in [-0.1, -0.05) is 87.0 Å². The first-order chi connectivity index (χ1) is 14.8. The molecule has 0 N–H and O–H groups in total. The molecule has 1 fully saturated rings. The quantitative estimate of drug-likeness (QED) is 0.431. The topological polar surface area (TPSA) is 36.9 Å². The second kappa shape index (κ2) is 10.2. The van der Waals surface area contributed by atoms with Crippen LogP contribution in [0.4, 0.5) is 0 Å². The van der Waals surface area contributed by atoms with Gasteiger partial charge in [0.2, 0.25) is 0 Å². The molecule has 2 aromatic carbocycles. The number of benzene rings is 2. The van der Waals surface area contributed by atoms with E-state index in [0.29, 0.717) is 19.6 Å². The second-order valence-electron chi connectivity index (χ2n) is 9.29. The summed E-state index contributed by atoms with van der Waals surface area (Å²) < 4.78 is 25.2. The molecule has 0 unspecified atom stereocenters. The molecule has 0 bridgehead atoms. The zero-order chi connectivity index (χ0) is 22.5. The highest BCUT2D eigenvalue weighted by Crippen LogP contribution is 2.39. The van der Waals surface area contributed by atoms with E-state index >= 15 is 0 Å². The summed E-state index contributed by atoms with van der Waals surface area (Å²) in [5, 5.41) is 2.30. The van der Waals surface area contributed by atoms with Crippen LogP contribution < -0.4 is 10.4 Å². The van der Waals surface area contributed by atoms with Crippen molar-refractivity contribution in [1.82, 2.24) is 0 Å². The van der Waals surface area contributed by atoms with E-state index in [2.05, 4.69) is 88.0 Å². The number of hydrogen-bond acceptors (Lipinski definition) is 4. The first-order valence-electron chi connectivity index (χ1n) is 11.0. The number of methoxy groups -OCH3 is 1. The monoisotopic (exact) mass is 440 g/mol. The number of rotatable bonds is 9. The molecule has 4 nitrogen and oxygen atoms in total. The van der Waals surface area contributed by atoms with E-state index in [1.54, 1.807) is 7.11 Å². The van der Waals surface area contributed by atoms with E-state index in [-0.39, 0.29) is 17.2 Å². The fourth-order valence-corrected chi connectivity index (χ4v) is 9.13. The molecule has 1 aliphatic rings. The van der Waals surface area contributed by atoms with Crippen LogP contribution >= 0.6 is 0 Å². The zero-order valence-corrected chi connectivity index (χ0v) is 20.5. The third-order valence-corrected chi connectivity index (χ3v) is 10.9. The molecule has 1 saturated heterocycles. The van der Waals surface area contributed by atoms with Gasteiger partial charge in [0, 0.05) is 7.11 Å². The predicted octanol–water partition coefficient (Wildman–Crippen LogP) is 4.29. The minimum absolute atomic E-state index is 0.145. The molecule has 0 aromatic heterocycles. The smallest absolute Gasteiger partial charge is 0.261 e. The Bertz CT molecular complexity index is 786. The molecule has 2 aromatic rings. The third-order valence-electron chi connectivity index (χ3n) is 5.86. The Labute approximate surface area is 188 Å². The molecule has 31 heavy (non-hydrogen) atoms. The molecule has 0 aliphatic carbocycles. The highest BCUT2D eigenvalue weighted by molar-refractivity contribution is 6.99. The standard InChI is InChI=1S/C26H36O4Si/c1-20(2)19-23(27-6)24(25-28-17-18-29-25)30-31(26(3,4)5,21-13-9-7-10-14-21)22-15-11-8-12-16-22/h7-16,23-25H,1,17-19H2,2-6H3/t23-,24-/m0/s1. The SMILES string of the molecule is C=C(C)C[C@H](OC)[C@H](O[Si](c1ccccc1)(c1ccccc1)C(C)(C)C)C1OCCO1. The average Bonchev–Trinajstić information content (AvgIpc) is 3.28. The van der Waals surface area contributed by atoms with Gasteiger partial charge in [-0.15, -0.1) is 6.58 Å². The normalized spacial score (nSPS) is 17.5. The van der Waals surface area contributed by atoms with E-state index in [1.165, 1.54) is 10.4 Å². The van der Waals surface area contributed by atoms with Gasteiger partial charge in [-0.2, -0.15) is 0 Å². The maximum absolute atomic E-state index is 7.34. The number of hydrogen-bond donors (Lipinski definition) is 0. The van der Waals surface area contributed by atoms with Crippen LogP contribution in [0.1, 0.15) is 34.1 Å². The van der Waals surface area contributed by atoms with Gasteiger partial charge in [-0.3, -0.25) is 0 Å².